The number of rotatable bonds is 5. The van der Waals surface area contributed by atoms with Crippen LogP contribution in [0.2, 0.25) is 0 Å². The highest BCUT2D eigenvalue weighted by Crippen LogP contribution is 2.21. The van der Waals surface area contributed by atoms with Crippen molar-refractivity contribution in [2.75, 3.05) is 13.2 Å². The SMILES string of the molecule is CC(C)OCCC1CCCCN1C(=O)c1ccc(=O)n(C)n1. The summed E-state index contributed by atoms with van der Waals surface area (Å²) in [6, 6.07) is 3.10. The fourth-order valence-electron chi connectivity index (χ4n) is 2.77. The van der Waals surface area contributed by atoms with Crippen LogP contribution in [-0.2, 0) is 11.8 Å². The maximum atomic E-state index is 12.7. The average Bonchev–Trinajstić information content (AvgIpc) is 2.49. The van der Waals surface area contributed by atoms with E-state index in [1.165, 1.54) is 16.8 Å². The standard InChI is InChI=1S/C16H25N3O3/c1-12(2)22-11-9-13-6-4-5-10-19(13)16(21)14-7-8-15(20)18(3)17-14/h7-8,12-13H,4-6,9-11H2,1-3H3. The molecule has 0 radical (unpaired) electrons. The molecular formula is C16H25N3O3. The van der Waals surface area contributed by atoms with Gasteiger partial charge >= 0.3 is 0 Å². The van der Waals surface area contributed by atoms with Gasteiger partial charge in [0.15, 0.2) is 0 Å². The second kappa shape index (κ2) is 7.54. The molecule has 0 spiro atoms. The predicted molar refractivity (Wildman–Crippen MR) is 83.9 cm³/mol. The molecule has 0 saturated carbocycles. The van der Waals surface area contributed by atoms with Crippen molar-refractivity contribution in [2.45, 2.75) is 51.7 Å². The van der Waals surface area contributed by atoms with E-state index in [-0.39, 0.29) is 23.6 Å². The van der Waals surface area contributed by atoms with Crippen LogP contribution in [0.15, 0.2) is 16.9 Å². The van der Waals surface area contributed by atoms with Gasteiger partial charge in [-0.25, -0.2) is 4.68 Å². The van der Waals surface area contributed by atoms with Crippen molar-refractivity contribution in [3.05, 3.63) is 28.2 Å². The number of likely N-dealkylation sites (tertiary alicyclic amines) is 1. The van der Waals surface area contributed by atoms with Gasteiger partial charge in [0.05, 0.1) is 6.10 Å². The van der Waals surface area contributed by atoms with E-state index in [2.05, 4.69) is 5.10 Å². The Bertz CT molecular complexity index is 568. The first-order valence-corrected chi connectivity index (χ1v) is 7.96. The Labute approximate surface area is 131 Å². The third-order valence-electron chi connectivity index (χ3n) is 3.97. The highest BCUT2D eigenvalue weighted by atomic mass is 16.5. The van der Waals surface area contributed by atoms with E-state index in [4.69, 9.17) is 4.74 Å². The maximum absolute atomic E-state index is 12.7. The molecular weight excluding hydrogens is 282 g/mol. The Morgan fingerprint density at radius 3 is 2.86 bits per heavy atom. The number of carbonyl (C=O) groups is 1. The largest absolute Gasteiger partial charge is 0.379 e. The molecule has 1 atom stereocenters. The summed E-state index contributed by atoms with van der Waals surface area (Å²) in [6.45, 7) is 5.43. The van der Waals surface area contributed by atoms with Gasteiger partial charge < -0.3 is 9.64 Å². The summed E-state index contributed by atoms with van der Waals surface area (Å²) in [5.74, 6) is -0.0927. The van der Waals surface area contributed by atoms with Crippen LogP contribution >= 0.6 is 0 Å². The van der Waals surface area contributed by atoms with E-state index in [0.29, 0.717) is 12.3 Å². The third kappa shape index (κ3) is 4.16. The molecule has 0 N–H and O–H groups in total. The highest BCUT2D eigenvalue weighted by Gasteiger charge is 2.28. The fraction of sp³-hybridized carbons (Fsp3) is 0.688. The smallest absolute Gasteiger partial charge is 0.274 e. The van der Waals surface area contributed by atoms with Crippen molar-refractivity contribution < 1.29 is 9.53 Å². The van der Waals surface area contributed by atoms with Gasteiger partial charge in [-0.2, -0.15) is 5.10 Å². The molecule has 1 fully saturated rings. The number of amides is 1. The lowest BCUT2D eigenvalue weighted by molar-refractivity contribution is 0.0393. The van der Waals surface area contributed by atoms with Crippen LogP contribution in [0.4, 0.5) is 0 Å². The van der Waals surface area contributed by atoms with Crippen molar-refractivity contribution >= 4 is 5.91 Å². The molecule has 1 aromatic heterocycles. The molecule has 1 aliphatic heterocycles. The lowest BCUT2D eigenvalue weighted by Gasteiger charge is -2.35. The van der Waals surface area contributed by atoms with Crippen LogP contribution in [0.5, 0.6) is 0 Å². The molecule has 1 unspecified atom stereocenters. The monoisotopic (exact) mass is 307 g/mol. The minimum atomic E-state index is -0.211. The zero-order chi connectivity index (χ0) is 16.1. The van der Waals surface area contributed by atoms with Crippen LogP contribution in [0.1, 0.15) is 50.0 Å². The molecule has 6 heteroatoms. The Hall–Kier alpha value is -1.69. The topological polar surface area (TPSA) is 64.4 Å². The number of hydrogen-bond donors (Lipinski definition) is 0. The molecule has 1 aromatic rings. The van der Waals surface area contributed by atoms with E-state index in [1.807, 2.05) is 18.7 Å². The molecule has 22 heavy (non-hydrogen) atoms. The summed E-state index contributed by atoms with van der Waals surface area (Å²) in [7, 11) is 1.56. The first-order valence-electron chi connectivity index (χ1n) is 7.96. The summed E-state index contributed by atoms with van der Waals surface area (Å²) >= 11 is 0. The van der Waals surface area contributed by atoms with E-state index < -0.39 is 0 Å². The zero-order valence-corrected chi connectivity index (χ0v) is 13.6. The summed E-state index contributed by atoms with van der Waals surface area (Å²) in [6.07, 6.45) is 4.20. The van der Waals surface area contributed by atoms with E-state index in [0.717, 1.165) is 32.2 Å². The van der Waals surface area contributed by atoms with Gasteiger partial charge in [-0.1, -0.05) is 0 Å². The third-order valence-corrected chi connectivity index (χ3v) is 3.97. The Kier molecular flexibility index (Phi) is 5.71. The van der Waals surface area contributed by atoms with Crippen LogP contribution in [-0.4, -0.2) is 45.9 Å². The highest BCUT2D eigenvalue weighted by molar-refractivity contribution is 5.92. The average molecular weight is 307 g/mol. The number of aromatic nitrogens is 2. The van der Waals surface area contributed by atoms with Crippen LogP contribution in [0, 0.1) is 0 Å². The first kappa shape index (κ1) is 16.7. The minimum Gasteiger partial charge on any atom is -0.379 e. The van der Waals surface area contributed by atoms with Gasteiger partial charge in [0.25, 0.3) is 11.5 Å². The molecule has 6 nitrogen and oxygen atoms in total. The molecule has 1 aliphatic rings. The normalized spacial score (nSPS) is 18.7. The predicted octanol–water partition coefficient (Wildman–Crippen LogP) is 1.59. The van der Waals surface area contributed by atoms with Crippen molar-refractivity contribution in [3.8, 4) is 0 Å². The summed E-state index contributed by atoms with van der Waals surface area (Å²) in [5.41, 5.74) is 0.121. The number of nitrogens with zero attached hydrogens (tertiary/aromatic N) is 3. The lowest BCUT2D eigenvalue weighted by atomic mass is 9.99. The van der Waals surface area contributed by atoms with E-state index >= 15 is 0 Å². The molecule has 122 valence electrons. The van der Waals surface area contributed by atoms with Gasteiger partial charge in [-0.05, 0) is 45.6 Å². The van der Waals surface area contributed by atoms with E-state index in [1.54, 1.807) is 7.05 Å². The minimum absolute atomic E-state index is 0.0927. The van der Waals surface area contributed by atoms with Crippen LogP contribution in [0.25, 0.3) is 0 Å². The molecule has 2 heterocycles. The van der Waals surface area contributed by atoms with Crippen molar-refractivity contribution in [1.29, 1.82) is 0 Å². The number of ether oxygens (including phenoxy) is 1. The molecule has 1 amide bonds. The Morgan fingerprint density at radius 1 is 1.41 bits per heavy atom. The summed E-state index contributed by atoms with van der Waals surface area (Å²) in [4.78, 5) is 26.0. The number of carbonyl (C=O) groups excluding carboxylic acids is 1. The number of piperidine rings is 1. The maximum Gasteiger partial charge on any atom is 0.274 e. The second-order valence-electron chi connectivity index (χ2n) is 6.04. The quantitative estimate of drug-likeness (QED) is 0.828. The van der Waals surface area contributed by atoms with Crippen LogP contribution < -0.4 is 5.56 Å². The number of hydrogen-bond acceptors (Lipinski definition) is 4. The van der Waals surface area contributed by atoms with Gasteiger partial charge in [-0.15, -0.1) is 0 Å². The fourth-order valence-corrected chi connectivity index (χ4v) is 2.77. The second-order valence-corrected chi connectivity index (χ2v) is 6.04. The summed E-state index contributed by atoms with van der Waals surface area (Å²) < 4.78 is 6.82. The van der Waals surface area contributed by atoms with Gasteiger partial charge in [0.1, 0.15) is 5.69 Å². The first-order chi connectivity index (χ1) is 10.5. The van der Waals surface area contributed by atoms with Gasteiger partial charge in [0, 0.05) is 32.3 Å². The van der Waals surface area contributed by atoms with Crippen LogP contribution in [0.3, 0.4) is 0 Å². The summed E-state index contributed by atoms with van der Waals surface area (Å²) in [5, 5.41) is 4.07. The number of aryl methyl sites for hydroxylation is 1. The van der Waals surface area contributed by atoms with E-state index in [9.17, 15) is 9.59 Å². The zero-order valence-electron chi connectivity index (χ0n) is 13.6. The Balaban J connectivity index is 2.07. The molecule has 1 saturated heterocycles. The van der Waals surface area contributed by atoms with Gasteiger partial charge in [0.2, 0.25) is 0 Å². The lowest BCUT2D eigenvalue weighted by Crippen LogP contribution is -2.45. The Morgan fingerprint density at radius 2 is 2.18 bits per heavy atom. The molecule has 2 rings (SSSR count). The molecule has 0 aliphatic carbocycles. The molecule has 0 aromatic carbocycles. The van der Waals surface area contributed by atoms with Crippen molar-refractivity contribution in [1.82, 2.24) is 14.7 Å². The van der Waals surface area contributed by atoms with Crippen molar-refractivity contribution in [2.24, 2.45) is 7.05 Å². The molecule has 0 bridgehead atoms. The van der Waals surface area contributed by atoms with Crippen molar-refractivity contribution in [3.63, 3.8) is 0 Å². The van der Waals surface area contributed by atoms with Gasteiger partial charge in [-0.3, -0.25) is 9.59 Å².